The Morgan fingerprint density at radius 3 is 2.70 bits per heavy atom. The van der Waals surface area contributed by atoms with Crippen LogP contribution in [0.15, 0.2) is 53.9 Å². The van der Waals surface area contributed by atoms with Gasteiger partial charge in [-0.2, -0.15) is 24.2 Å². The molecule has 1 aliphatic heterocycles. The Labute approximate surface area is 275 Å². The summed E-state index contributed by atoms with van der Waals surface area (Å²) >= 11 is 1.53. The Bertz CT molecular complexity index is 1770. The molecule has 1 aromatic carbocycles. The zero-order valence-corrected chi connectivity index (χ0v) is 27.4. The van der Waals surface area contributed by atoms with Crippen molar-refractivity contribution in [1.82, 2.24) is 34.6 Å². The summed E-state index contributed by atoms with van der Waals surface area (Å²) < 4.78 is 34.7. The summed E-state index contributed by atoms with van der Waals surface area (Å²) in [4.78, 5) is 33.7. The number of hydrogen-bond donors (Lipinski definition) is 2. The number of piperidine rings is 1. The van der Waals surface area contributed by atoms with Crippen LogP contribution in [0.25, 0.3) is 16.9 Å². The number of anilines is 1. The molecule has 0 bridgehead atoms. The highest BCUT2D eigenvalue weighted by molar-refractivity contribution is 7.99. The Kier molecular flexibility index (Phi) is 10.4. The van der Waals surface area contributed by atoms with Gasteiger partial charge in [-0.1, -0.05) is 13.8 Å². The number of halogens is 2. The van der Waals surface area contributed by atoms with Crippen LogP contribution in [0.1, 0.15) is 50.9 Å². The second-order valence-corrected chi connectivity index (χ2v) is 13.9. The maximum Gasteiger partial charge on any atom is 0.387 e. The number of benzene rings is 1. The summed E-state index contributed by atoms with van der Waals surface area (Å²) in [6.45, 7) is 6.18. The number of nitriles is 1. The lowest BCUT2D eigenvalue weighted by atomic mass is 9.94. The fraction of sp³-hybridized carbons (Fsp3) is 0.438. The normalized spacial score (nSPS) is 14.1. The van der Waals surface area contributed by atoms with E-state index in [4.69, 9.17) is 4.74 Å². The highest BCUT2D eigenvalue weighted by Gasteiger charge is 2.27. The third kappa shape index (κ3) is 8.44. The van der Waals surface area contributed by atoms with Crippen LogP contribution in [0.5, 0.6) is 5.75 Å². The van der Waals surface area contributed by atoms with Gasteiger partial charge in [0.2, 0.25) is 5.91 Å². The first-order chi connectivity index (χ1) is 22.4. The molecule has 3 aromatic heterocycles. The molecule has 0 unspecified atom stereocenters. The van der Waals surface area contributed by atoms with Crippen LogP contribution in [0.4, 0.5) is 14.5 Å². The summed E-state index contributed by atoms with van der Waals surface area (Å²) in [6.07, 6.45) is 7.57. The van der Waals surface area contributed by atoms with Gasteiger partial charge in [0, 0.05) is 60.0 Å². The van der Waals surface area contributed by atoms with Crippen molar-refractivity contribution < 1.29 is 23.1 Å². The number of amides is 2. The average Bonchev–Trinajstić information content (AvgIpc) is 3.64. The van der Waals surface area contributed by atoms with E-state index in [9.17, 15) is 23.6 Å². The van der Waals surface area contributed by atoms with Crippen molar-refractivity contribution in [2.24, 2.45) is 5.41 Å². The molecule has 15 heteroatoms. The summed E-state index contributed by atoms with van der Waals surface area (Å²) in [5.41, 5.74) is 0.658. The summed E-state index contributed by atoms with van der Waals surface area (Å²) in [7, 11) is 0. The highest BCUT2D eigenvalue weighted by atomic mass is 32.2. The fourth-order valence-corrected chi connectivity index (χ4v) is 6.10. The van der Waals surface area contributed by atoms with Gasteiger partial charge in [-0.25, -0.2) is 9.50 Å². The number of thioether (sulfide) groups is 1. The molecule has 1 fully saturated rings. The third-order valence-corrected chi connectivity index (χ3v) is 8.61. The topological polar surface area (TPSA) is 142 Å². The van der Waals surface area contributed by atoms with Gasteiger partial charge in [0.05, 0.1) is 23.4 Å². The molecular weight excluding hydrogens is 628 g/mol. The number of ether oxygens (including phenoxy) is 1. The molecule has 2 N–H and O–H groups in total. The lowest BCUT2D eigenvalue weighted by molar-refractivity contribution is -0.133. The Morgan fingerprint density at radius 1 is 1.23 bits per heavy atom. The molecule has 12 nitrogen and oxygen atoms in total. The van der Waals surface area contributed by atoms with Crippen LogP contribution < -0.4 is 15.4 Å². The minimum Gasteiger partial charge on any atom is -0.434 e. The van der Waals surface area contributed by atoms with E-state index in [2.05, 4.69) is 31.9 Å². The number of likely N-dealkylation sites (tertiary alicyclic amines) is 1. The van der Waals surface area contributed by atoms with Crippen molar-refractivity contribution in [3.8, 4) is 23.1 Å². The van der Waals surface area contributed by atoms with E-state index in [1.807, 2.05) is 27.7 Å². The van der Waals surface area contributed by atoms with E-state index in [1.165, 1.54) is 39.4 Å². The molecule has 0 spiro atoms. The molecule has 2 amide bonds. The molecule has 4 heterocycles. The maximum absolute atomic E-state index is 13.5. The number of alkyl halides is 2. The van der Waals surface area contributed by atoms with Crippen LogP contribution in [0.2, 0.25) is 0 Å². The van der Waals surface area contributed by atoms with E-state index in [0.29, 0.717) is 25.3 Å². The second kappa shape index (κ2) is 14.5. The van der Waals surface area contributed by atoms with Crippen LogP contribution in [-0.4, -0.2) is 78.6 Å². The van der Waals surface area contributed by atoms with Crippen LogP contribution >= 0.6 is 11.8 Å². The molecule has 0 atom stereocenters. The van der Waals surface area contributed by atoms with Gasteiger partial charge in [-0.05, 0) is 51.0 Å². The lowest BCUT2D eigenvalue weighted by Gasteiger charge is -2.33. The molecule has 1 saturated heterocycles. The summed E-state index contributed by atoms with van der Waals surface area (Å²) in [6, 6.07) is 9.00. The van der Waals surface area contributed by atoms with E-state index >= 15 is 0 Å². The van der Waals surface area contributed by atoms with Gasteiger partial charge < -0.3 is 20.3 Å². The number of carbonyl (C=O) groups excluding carboxylic acids is 2. The largest absolute Gasteiger partial charge is 0.434 e. The number of fused-ring (bicyclic) bond motifs is 1. The minimum absolute atomic E-state index is 0.119. The number of rotatable bonds is 12. The maximum atomic E-state index is 13.5. The predicted molar refractivity (Wildman–Crippen MR) is 173 cm³/mol. The first-order valence-electron chi connectivity index (χ1n) is 15.3. The van der Waals surface area contributed by atoms with Gasteiger partial charge in [-0.15, -0.1) is 11.8 Å². The first kappa shape index (κ1) is 33.8. The van der Waals surface area contributed by atoms with Crippen molar-refractivity contribution in [2.45, 2.75) is 69.9 Å². The Morgan fingerprint density at radius 2 is 2.00 bits per heavy atom. The minimum atomic E-state index is -3.09. The molecule has 4 aromatic rings. The highest BCUT2D eigenvalue weighted by Crippen LogP contribution is 2.39. The van der Waals surface area contributed by atoms with Gasteiger partial charge in [0.25, 0.3) is 5.91 Å². The smallest absolute Gasteiger partial charge is 0.387 e. The van der Waals surface area contributed by atoms with Crippen LogP contribution in [0.3, 0.4) is 0 Å². The quantitative estimate of drug-likeness (QED) is 0.198. The molecule has 0 radical (unpaired) electrons. The number of aromatic nitrogens is 5. The Hall–Kier alpha value is -4.55. The van der Waals surface area contributed by atoms with Gasteiger partial charge in [0.1, 0.15) is 23.6 Å². The summed E-state index contributed by atoms with van der Waals surface area (Å²) in [5.74, 6) is -0.830. The van der Waals surface area contributed by atoms with Gasteiger partial charge in [0.15, 0.2) is 5.65 Å². The average molecular weight is 666 g/mol. The molecule has 1 aliphatic rings. The molecule has 248 valence electrons. The summed E-state index contributed by atoms with van der Waals surface area (Å²) in [5, 5.41) is 24.6. The van der Waals surface area contributed by atoms with Crippen molar-refractivity contribution in [3.05, 3.63) is 54.6 Å². The van der Waals surface area contributed by atoms with E-state index in [-0.39, 0.29) is 52.0 Å². The number of nitrogens with zero attached hydrogens (tertiary/aromatic N) is 7. The zero-order valence-electron chi connectivity index (χ0n) is 26.6. The molecule has 47 heavy (non-hydrogen) atoms. The lowest BCUT2D eigenvalue weighted by Crippen LogP contribution is -2.47. The van der Waals surface area contributed by atoms with Crippen molar-refractivity contribution in [2.75, 3.05) is 25.0 Å². The Balaban J connectivity index is 1.42. The molecule has 0 saturated carbocycles. The molecule has 5 rings (SSSR count). The van der Waals surface area contributed by atoms with E-state index < -0.39 is 17.9 Å². The monoisotopic (exact) mass is 665 g/mol. The van der Waals surface area contributed by atoms with Crippen molar-refractivity contribution in [3.63, 3.8) is 0 Å². The zero-order chi connectivity index (χ0) is 33.7. The number of hydrogen-bond acceptors (Lipinski definition) is 9. The van der Waals surface area contributed by atoms with Gasteiger partial charge in [-0.3, -0.25) is 14.3 Å². The first-order valence-corrected chi connectivity index (χ1v) is 16.2. The fourth-order valence-electron chi connectivity index (χ4n) is 5.22. The predicted octanol–water partition coefficient (Wildman–Crippen LogP) is 5.08. The number of nitrogens with one attached hydrogen (secondary N) is 2. The van der Waals surface area contributed by atoms with Crippen molar-refractivity contribution >= 4 is 34.9 Å². The second-order valence-electron chi connectivity index (χ2n) is 12.2. The van der Waals surface area contributed by atoms with Crippen LogP contribution in [-0.2, 0) is 11.3 Å². The van der Waals surface area contributed by atoms with Crippen LogP contribution in [0, 0.1) is 16.7 Å². The third-order valence-electron chi connectivity index (χ3n) is 7.61. The standard InChI is InChI=1S/C32H37F2N9O3S/c1-20(2)47-22-6-7-26(46-31(33)34)23(14-22)28-25(39-30(45)24-15-38-43-11-5-10-36-29(24)43)16-42(40-28)17-27(44)41-12-8-21(9-13-41)37-19-32(3,4)18-35/h5-7,10-11,14-16,20-21,31,37H,8-9,12-13,17,19H2,1-4H3,(H,39,45). The SMILES string of the molecule is CC(C)Sc1ccc(OC(F)F)c(-c2nn(CC(=O)N3CCC(NCC(C)(C)C#N)CC3)cc2NC(=O)c2cnn3cccnc23)c1. The van der Waals surface area contributed by atoms with Crippen molar-refractivity contribution in [1.29, 1.82) is 5.26 Å². The molecule has 0 aliphatic carbocycles. The number of carbonyl (C=O) groups is 2. The van der Waals surface area contributed by atoms with E-state index in [0.717, 1.165) is 17.7 Å². The van der Waals surface area contributed by atoms with E-state index in [1.54, 1.807) is 35.5 Å². The van der Waals surface area contributed by atoms with Gasteiger partial charge >= 0.3 is 6.61 Å². The molecular formula is C32H37F2N9O3S.